The number of hydrogen-bond donors (Lipinski definition) is 0. The highest BCUT2D eigenvalue weighted by Gasteiger charge is 2.12. The summed E-state index contributed by atoms with van der Waals surface area (Å²) in [7, 11) is 1.64. The van der Waals surface area contributed by atoms with E-state index in [0.29, 0.717) is 11.0 Å². The van der Waals surface area contributed by atoms with Gasteiger partial charge in [0, 0.05) is 10.9 Å². The van der Waals surface area contributed by atoms with E-state index in [0.717, 1.165) is 33.3 Å². The first-order valence-electron chi connectivity index (χ1n) is 6.68. The third-order valence-corrected chi connectivity index (χ3v) is 3.83. The molecule has 3 aromatic rings. The monoisotopic (exact) mass is 298 g/mol. The summed E-state index contributed by atoms with van der Waals surface area (Å²) in [6, 6.07) is 11.8. The summed E-state index contributed by atoms with van der Waals surface area (Å²) in [5.41, 5.74) is 3.99. The van der Waals surface area contributed by atoms with Crippen molar-refractivity contribution >= 4 is 22.5 Å². The largest absolute Gasteiger partial charge is 0.497 e. The molecule has 1 aromatic heterocycles. The van der Waals surface area contributed by atoms with Crippen molar-refractivity contribution in [3.05, 3.63) is 52.7 Å². The number of methoxy groups -OCH3 is 1. The van der Waals surface area contributed by atoms with E-state index in [1.165, 1.54) is 0 Å². The molecule has 0 atom stereocenters. The summed E-state index contributed by atoms with van der Waals surface area (Å²) in [5, 5.41) is 1.26. The van der Waals surface area contributed by atoms with Gasteiger partial charge in [-0.15, -0.1) is 0 Å². The van der Waals surface area contributed by atoms with E-state index in [9.17, 15) is 0 Å². The van der Waals surface area contributed by atoms with Crippen LogP contribution in [0.1, 0.15) is 11.1 Å². The Labute approximate surface area is 128 Å². The predicted octanol–water partition coefficient (Wildman–Crippen LogP) is 4.58. The first-order valence-corrected chi connectivity index (χ1v) is 7.06. The molecule has 0 aliphatic carbocycles. The molecule has 4 heteroatoms. The van der Waals surface area contributed by atoms with Crippen molar-refractivity contribution in [1.29, 1.82) is 0 Å². The van der Waals surface area contributed by atoms with Gasteiger partial charge in [0.1, 0.15) is 10.9 Å². The minimum absolute atomic E-state index is 0.445. The average molecular weight is 299 g/mol. The van der Waals surface area contributed by atoms with Crippen LogP contribution in [-0.2, 0) is 0 Å². The molecule has 0 saturated carbocycles. The zero-order valence-corrected chi connectivity index (χ0v) is 12.9. The molecule has 3 nitrogen and oxygen atoms in total. The van der Waals surface area contributed by atoms with E-state index in [1.807, 2.05) is 50.2 Å². The van der Waals surface area contributed by atoms with E-state index < -0.39 is 0 Å². The second-order valence-electron chi connectivity index (χ2n) is 4.99. The molecule has 0 N–H and O–H groups in total. The number of rotatable bonds is 2. The molecule has 0 aliphatic heterocycles. The lowest BCUT2D eigenvalue weighted by Crippen LogP contribution is -1.96. The second kappa shape index (κ2) is 5.34. The van der Waals surface area contributed by atoms with E-state index in [-0.39, 0.29) is 0 Å². The Morgan fingerprint density at radius 2 is 1.76 bits per heavy atom. The van der Waals surface area contributed by atoms with Gasteiger partial charge in [0.25, 0.3) is 0 Å². The van der Waals surface area contributed by atoms with Gasteiger partial charge < -0.3 is 4.74 Å². The zero-order valence-electron chi connectivity index (χ0n) is 12.1. The van der Waals surface area contributed by atoms with Crippen molar-refractivity contribution in [3.8, 4) is 17.1 Å². The number of benzene rings is 2. The summed E-state index contributed by atoms with van der Waals surface area (Å²) in [5.74, 6) is 1.41. The Hall–Kier alpha value is -2.13. The molecule has 0 unspecified atom stereocenters. The minimum atomic E-state index is 0.445. The molecule has 0 spiro atoms. The lowest BCUT2D eigenvalue weighted by Gasteiger charge is -2.10. The third kappa shape index (κ3) is 2.45. The minimum Gasteiger partial charge on any atom is -0.497 e. The van der Waals surface area contributed by atoms with Crippen molar-refractivity contribution in [3.63, 3.8) is 0 Å². The summed E-state index contributed by atoms with van der Waals surface area (Å²) in [6.45, 7) is 4.04. The number of halogens is 1. The summed E-state index contributed by atoms with van der Waals surface area (Å²) >= 11 is 6.36. The Bertz CT molecular complexity index is 830. The topological polar surface area (TPSA) is 35.0 Å². The summed E-state index contributed by atoms with van der Waals surface area (Å²) in [6.07, 6.45) is 0. The first-order chi connectivity index (χ1) is 10.1. The standard InChI is InChI=1S/C17H15ClN2O/c1-10-6-4-5-7-13(10)17-19-15-11(2)8-12(21-3)9-14(15)16(18)20-17/h4-9H,1-3H3. The SMILES string of the molecule is COc1cc(C)c2nc(-c3ccccc3C)nc(Cl)c2c1. The van der Waals surface area contributed by atoms with Gasteiger partial charge in [-0.05, 0) is 37.1 Å². The molecule has 21 heavy (non-hydrogen) atoms. The Kier molecular flexibility index (Phi) is 3.52. The number of nitrogens with zero attached hydrogens (tertiary/aromatic N) is 2. The Balaban J connectivity index is 2.29. The van der Waals surface area contributed by atoms with Crippen molar-refractivity contribution in [2.45, 2.75) is 13.8 Å². The number of ether oxygens (including phenoxy) is 1. The summed E-state index contributed by atoms with van der Waals surface area (Å²) < 4.78 is 5.28. The lowest BCUT2D eigenvalue weighted by molar-refractivity contribution is 0.415. The average Bonchev–Trinajstić information content (AvgIpc) is 2.48. The van der Waals surface area contributed by atoms with E-state index in [1.54, 1.807) is 7.11 Å². The van der Waals surface area contributed by atoms with Crippen LogP contribution in [-0.4, -0.2) is 17.1 Å². The fourth-order valence-electron chi connectivity index (χ4n) is 2.40. The van der Waals surface area contributed by atoms with Gasteiger partial charge in [0.2, 0.25) is 0 Å². The molecule has 0 amide bonds. The van der Waals surface area contributed by atoms with E-state index in [2.05, 4.69) is 4.98 Å². The molecule has 0 saturated heterocycles. The number of fused-ring (bicyclic) bond motifs is 1. The van der Waals surface area contributed by atoms with Crippen molar-refractivity contribution in [2.24, 2.45) is 0 Å². The molecule has 0 aliphatic rings. The van der Waals surface area contributed by atoms with Gasteiger partial charge in [-0.2, -0.15) is 0 Å². The van der Waals surface area contributed by atoms with Crippen LogP contribution in [0.5, 0.6) is 5.75 Å². The third-order valence-electron chi connectivity index (χ3n) is 3.54. The number of aryl methyl sites for hydroxylation is 2. The maximum Gasteiger partial charge on any atom is 0.161 e. The normalized spacial score (nSPS) is 10.9. The van der Waals surface area contributed by atoms with Gasteiger partial charge in [0.15, 0.2) is 5.82 Å². The highest BCUT2D eigenvalue weighted by molar-refractivity contribution is 6.34. The smallest absolute Gasteiger partial charge is 0.161 e. The molecular weight excluding hydrogens is 284 g/mol. The van der Waals surface area contributed by atoms with E-state index in [4.69, 9.17) is 21.3 Å². The van der Waals surface area contributed by atoms with Crippen LogP contribution >= 0.6 is 11.6 Å². The molecule has 106 valence electrons. The molecule has 2 aromatic carbocycles. The quantitative estimate of drug-likeness (QED) is 0.650. The van der Waals surface area contributed by atoms with Gasteiger partial charge in [-0.25, -0.2) is 9.97 Å². The zero-order chi connectivity index (χ0) is 15.0. The van der Waals surface area contributed by atoms with Gasteiger partial charge in [-0.3, -0.25) is 0 Å². The van der Waals surface area contributed by atoms with Gasteiger partial charge >= 0.3 is 0 Å². The van der Waals surface area contributed by atoms with Crippen LogP contribution < -0.4 is 4.74 Å². The van der Waals surface area contributed by atoms with Crippen LogP contribution in [0.3, 0.4) is 0 Å². The molecule has 0 radical (unpaired) electrons. The number of aromatic nitrogens is 2. The van der Waals surface area contributed by atoms with Crippen molar-refractivity contribution in [2.75, 3.05) is 7.11 Å². The molecular formula is C17H15ClN2O. The first kappa shape index (κ1) is 13.8. The van der Waals surface area contributed by atoms with Gasteiger partial charge in [-0.1, -0.05) is 35.9 Å². The van der Waals surface area contributed by atoms with E-state index >= 15 is 0 Å². The predicted molar refractivity (Wildman–Crippen MR) is 86.0 cm³/mol. The van der Waals surface area contributed by atoms with Crippen molar-refractivity contribution in [1.82, 2.24) is 9.97 Å². The second-order valence-corrected chi connectivity index (χ2v) is 5.35. The van der Waals surface area contributed by atoms with Crippen LogP contribution in [0.15, 0.2) is 36.4 Å². The molecule has 0 fully saturated rings. The van der Waals surface area contributed by atoms with Crippen LogP contribution in [0.4, 0.5) is 0 Å². The molecule has 1 heterocycles. The Morgan fingerprint density at radius 1 is 1.00 bits per heavy atom. The van der Waals surface area contributed by atoms with Gasteiger partial charge in [0.05, 0.1) is 12.6 Å². The lowest BCUT2D eigenvalue weighted by atomic mass is 10.1. The fraction of sp³-hybridized carbons (Fsp3) is 0.176. The fourth-order valence-corrected chi connectivity index (χ4v) is 2.62. The molecule has 0 bridgehead atoms. The number of hydrogen-bond acceptors (Lipinski definition) is 3. The van der Waals surface area contributed by atoms with Crippen LogP contribution in [0, 0.1) is 13.8 Å². The maximum atomic E-state index is 6.36. The summed E-state index contributed by atoms with van der Waals surface area (Å²) in [4.78, 5) is 9.14. The van der Waals surface area contributed by atoms with Crippen LogP contribution in [0.2, 0.25) is 5.15 Å². The van der Waals surface area contributed by atoms with Crippen LogP contribution in [0.25, 0.3) is 22.3 Å². The Morgan fingerprint density at radius 3 is 2.48 bits per heavy atom. The molecule has 3 rings (SSSR count). The highest BCUT2D eigenvalue weighted by Crippen LogP contribution is 2.31. The maximum absolute atomic E-state index is 6.36. The highest BCUT2D eigenvalue weighted by atomic mass is 35.5. The van der Waals surface area contributed by atoms with Crippen molar-refractivity contribution < 1.29 is 4.74 Å².